The van der Waals surface area contributed by atoms with Crippen LogP contribution in [0.4, 0.5) is 10.5 Å². The number of ether oxygens (including phenoxy) is 1. The lowest BCUT2D eigenvalue weighted by Crippen LogP contribution is -2.37. The summed E-state index contributed by atoms with van der Waals surface area (Å²) in [6.45, 7) is 5.60. The van der Waals surface area contributed by atoms with E-state index in [2.05, 4.69) is 22.8 Å². The number of hydrogen-bond acceptors (Lipinski definition) is 3. The lowest BCUT2D eigenvalue weighted by Gasteiger charge is -2.30. The molecule has 0 spiro atoms. The van der Waals surface area contributed by atoms with E-state index >= 15 is 0 Å². The molecule has 1 amide bonds. The minimum absolute atomic E-state index is 0.394. The van der Waals surface area contributed by atoms with Gasteiger partial charge in [0.05, 0.1) is 0 Å². The molecule has 4 heteroatoms. The summed E-state index contributed by atoms with van der Waals surface area (Å²) in [4.78, 5) is 11.8. The van der Waals surface area contributed by atoms with Crippen LogP contribution in [0.15, 0.2) is 18.2 Å². The Morgan fingerprint density at radius 3 is 2.64 bits per heavy atom. The van der Waals surface area contributed by atoms with Gasteiger partial charge in [-0.05, 0) is 69.7 Å². The SMILES string of the molecule is CC(C)(C)OC(=O)Nc1ccc2c(c1)CCC2NC1CCC1. The van der Waals surface area contributed by atoms with Gasteiger partial charge in [0.1, 0.15) is 5.60 Å². The Morgan fingerprint density at radius 1 is 1.23 bits per heavy atom. The number of benzene rings is 1. The maximum absolute atomic E-state index is 11.8. The van der Waals surface area contributed by atoms with Gasteiger partial charge in [-0.3, -0.25) is 5.32 Å². The van der Waals surface area contributed by atoms with Crippen LogP contribution in [0.25, 0.3) is 0 Å². The summed E-state index contributed by atoms with van der Waals surface area (Å²) in [5.74, 6) is 0. The van der Waals surface area contributed by atoms with Gasteiger partial charge in [-0.25, -0.2) is 4.79 Å². The Balaban J connectivity index is 1.63. The van der Waals surface area contributed by atoms with Crippen molar-refractivity contribution in [1.82, 2.24) is 5.32 Å². The number of carbonyl (C=O) groups is 1. The van der Waals surface area contributed by atoms with E-state index in [0.29, 0.717) is 12.1 Å². The average molecular weight is 302 g/mol. The smallest absolute Gasteiger partial charge is 0.412 e. The number of hydrogen-bond donors (Lipinski definition) is 2. The van der Waals surface area contributed by atoms with E-state index < -0.39 is 11.7 Å². The van der Waals surface area contributed by atoms with E-state index in [0.717, 1.165) is 18.5 Å². The lowest BCUT2D eigenvalue weighted by molar-refractivity contribution is 0.0636. The number of aryl methyl sites for hydroxylation is 1. The first-order valence-electron chi connectivity index (χ1n) is 8.29. The Labute approximate surface area is 132 Å². The number of nitrogens with one attached hydrogen (secondary N) is 2. The fourth-order valence-electron chi connectivity index (χ4n) is 3.15. The van der Waals surface area contributed by atoms with Crippen molar-refractivity contribution in [3.05, 3.63) is 29.3 Å². The molecule has 1 aromatic carbocycles. The average Bonchev–Trinajstić information content (AvgIpc) is 2.73. The van der Waals surface area contributed by atoms with Crippen molar-refractivity contribution < 1.29 is 9.53 Å². The maximum atomic E-state index is 11.8. The van der Waals surface area contributed by atoms with Gasteiger partial charge in [-0.1, -0.05) is 12.5 Å². The van der Waals surface area contributed by atoms with Crippen LogP contribution in [0.5, 0.6) is 0 Å². The van der Waals surface area contributed by atoms with Crippen LogP contribution in [-0.2, 0) is 11.2 Å². The Bertz CT molecular complexity index is 559. The van der Waals surface area contributed by atoms with Crippen molar-refractivity contribution >= 4 is 11.8 Å². The first kappa shape index (κ1) is 15.3. The monoisotopic (exact) mass is 302 g/mol. The van der Waals surface area contributed by atoms with E-state index in [1.165, 1.54) is 30.4 Å². The van der Waals surface area contributed by atoms with Crippen LogP contribution in [-0.4, -0.2) is 17.7 Å². The van der Waals surface area contributed by atoms with Gasteiger partial charge in [-0.15, -0.1) is 0 Å². The van der Waals surface area contributed by atoms with Gasteiger partial charge in [0, 0.05) is 17.8 Å². The lowest BCUT2D eigenvalue weighted by atomic mass is 9.92. The Morgan fingerprint density at radius 2 is 2.00 bits per heavy atom. The fourth-order valence-corrected chi connectivity index (χ4v) is 3.15. The summed E-state index contributed by atoms with van der Waals surface area (Å²) in [6, 6.07) is 7.39. The highest BCUT2D eigenvalue weighted by Gasteiger charge is 2.27. The second-order valence-electron chi connectivity index (χ2n) is 7.43. The topological polar surface area (TPSA) is 50.4 Å². The van der Waals surface area contributed by atoms with Crippen LogP contribution in [0.1, 0.15) is 63.6 Å². The largest absolute Gasteiger partial charge is 0.444 e. The zero-order valence-corrected chi connectivity index (χ0v) is 13.7. The molecule has 1 unspecified atom stereocenters. The van der Waals surface area contributed by atoms with E-state index in [1.54, 1.807) is 0 Å². The number of anilines is 1. The van der Waals surface area contributed by atoms with E-state index in [9.17, 15) is 4.79 Å². The molecule has 1 fully saturated rings. The first-order valence-corrected chi connectivity index (χ1v) is 8.29. The molecule has 3 rings (SSSR count). The molecular formula is C18H26N2O2. The van der Waals surface area contributed by atoms with E-state index in [-0.39, 0.29) is 0 Å². The molecule has 4 nitrogen and oxygen atoms in total. The molecule has 2 aliphatic carbocycles. The normalized spacial score (nSPS) is 21.1. The molecule has 0 heterocycles. The highest BCUT2D eigenvalue weighted by atomic mass is 16.6. The standard InChI is InChI=1S/C18H26N2O2/c1-18(2,3)22-17(21)20-14-8-9-15-12(11-14)7-10-16(15)19-13-5-4-6-13/h8-9,11,13,16,19H,4-7,10H2,1-3H3,(H,20,21). The Kier molecular flexibility index (Phi) is 4.13. The molecule has 120 valence electrons. The molecular weight excluding hydrogens is 276 g/mol. The molecule has 2 aliphatic rings. The molecule has 2 N–H and O–H groups in total. The van der Waals surface area contributed by atoms with Crippen molar-refractivity contribution in [3.8, 4) is 0 Å². The predicted molar refractivity (Wildman–Crippen MR) is 88.1 cm³/mol. The first-order chi connectivity index (χ1) is 10.4. The van der Waals surface area contributed by atoms with Gasteiger partial charge in [-0.2, -0.15) is 0 Å². The van der Waals surface area contributed by atoms with Crippen molar-refractivity contribution in [2.45, 2.75) is 70.6 Å². The van der Waals surface area contributed by atoms with Crippen molar-refractivity contribution in [1.29, 1.82) is 0 Å². The quantitative estimate of drug-likeness (QED) is 0.881. The summed E-state index contributed by atoms with van der Waals surface area (Å²) in [6.07, 6.45) is 5.81. The zero-order chi connectivity index (χ0) is 15.7. The fraction of sp³-hybridized carbons (Fsp3) is 0.611. The van der Waals surface area contributed by atoms with Gasteiger partial charge in [0.25, 0.3) is 0 Å². The second kappa shape index (κ2) is 5.92. The molecule has 22 heavy (non-hydrogen) atoms. The molecule has 0 aromatic heterocycles. The second-order valence-corrected chi connectivity index (χ2v) is 7.43. The summed E-state index contributed by atoms with van der Waals surface area (Å²) >= 11 is 0. The number of fused-ring (bicyclic) bond motifs is 1. The number of amides is 1. The summed E-state index contributed by atoms with van der Waals surface area (Å²) < 4.78 is 5.29. The maximum Gasteiger partial charge on any atom is 0.412 e. The van der Waals surface area contributed by atoms with Gasteiger partial charge in [0.15, 0.2) is 0 Å². The highest BCUT2D eigenvalue weighted by molar-refractivity contribution is 5.85. The molecule has 1 saturated carbocycles. The van der Waals surface area contributed by atoms with E-state index in [1.807, 2.05) is 26.8 Å². The van der Waals surface area contributed by atoms with Crippen LogP contribution in [0.2, 0.25) is 0 Å². The number of carbonyl (C=O) groups excluding carboxylic acids is 1. The highest BCUT2D eigenvalue weighted by Crippen LogP contribution is 2.35. The predicted octanol–water partition coefficient (Wildman–Crippen LogP) is 4.16. The van der Waals surface area contributed by atoms with Crippen molar-refractivity contribution in [3.63, 3.8) is 0 Å². The van der Waals surface area contributed by atoms with Crippen LogP contribution in [0, 0.1) is 0 Å². The molecule has 0 bridgehead atoms. The summed E-state index contributed by atoms with van der Waals surface area (Å²) in [5, 5.41) is 6.58. The van der Waals surface area contributed by atoms with Crippen molar-refractivity contribution in [2.75, 3.05) is 5.32 Å². The van der Waals surface area contributed by atoms with Crippen LogP contribution >= 0.6 is 0 Å². The van der Waals surface area contributed by atoms with Crippen molar-refractivity contribution in [2.24, 2.45) is 0 Å². The third-order valence-corrected chi connectivity index (χ3v) is 4.41. The van der Waals surface area contributed by atoms with E-state index in [4.69, 9.17) is 4.74 Å². The summed E-state index contributed by atoms with van der Waals surface area (Å²) in [5.41, 5.74) is 3.07. The minimum atomic E-state index is -0.474. The molecule has 0 radical (unpaired) electrons. The van der Waals surface area contributed by atoms with Gasteiger partial charge in [0.2, 0.25) is 0 Å². The Hall–Kier alpha value is -1.55. The minimum Gasteiger partial charge on any atom is -0.444 e. The molecule has 1 atom stereocenters. The van der Waals surface area contributed by atoms with Gasteiger partial charge < -0.3 is 10.1 Å². The van der Waals surface area contributed by atoms with Gasteiger partial charge >= 0.3 is 6.09 Å². The van der Waals surface area contributed by atoms with Crippen LogP contribution < -0.4 is 10.6 Å². The zero-order valence-electron chi connectivity index (χ0n) is 13.7. The third-order valence-electron chi connectivity index (χ3n) is 4.41. The molecule has 0 saturated heterocycles. The number of rotatable bonds is 3. The molecule has 1 aromatic rings. The summed E-state index contributed by atoms with van der Waals surface area (Å²) in [7, 11) is 0. The third kappa shape index (κ3) is 3.61. The molecule has 0 aliphatic heterocycles. The van der Waals surface area contributed by atoms with Crippen LogP contribution in [0.3, 0.4) is 0 Å².